The fourth-order valence-electron chi connectivity index (χ4n) is 2.29. The van der Waals surface area contributed by atoms with Crippen LogP contribution in [0.4, 0.5) is 5.69 Å². The highest BCUT2D eigenvalue weighted by Gasteiger charge is 2.15. The van der Waals surface area contributed by atoms with Gasteiger partial charge in [0.15, 0.2) is 0 Å². The van der Waals surface area contributed by atoms with Gasteiger partial charge < -0.3 is 9.47 Å². The standard InChI is InChI=1S/C20H15NO5/c22-20(26-17-12-10-16(11-13-17)21(23)24)18-8-4-5-9-19(18)25-14-15-6-2-1-3-7-15/h1-13H,14H2. The Morgan fingerprint density at radius 3 is 2.23 bits per heavy atom. The van der Waals surface area contributed by atoms with Crippen LogP contribution in [-0.2, 0) is 6.61 Å². The third-order valence-corrected chi connectivity index (χ3v) is 3.60. The normalized spacial score (nSPS) is 10.2. The number of esters is 1. The predicted octanol–water partition coefficient (Wildman–Crippen LogP) is 4.39. The van der Waals surface area contributed by atoms with E-state index in [1.54, 1.807) is 24.3 Å². The molecule has 0 radical (unpaired) electrons. The first-order chi connectivity index (χ1) is 12.6. The molecule has 6 heteroatoms. The fourth-order valence-corrected chi connectivity index (χ4v) is 2.29. The van der Waals surface area contributed by atoms with Crippen molar-refractivity contribution in [2.24, 2.45) is 0 Å². The average Bonchev–Trinajstić information content (AvgIpc) is 2.68. The number of hydrogen-bond acceptors (Lipinski definition) is 5. The number of carbonyl (C=O) groups excluding carboxylic acids is 1. The molecule has 130 valence electrons. The van der Waals surface area contributed by atoms with Gasteiger partial charge in [0.05, 0.1) is 4.92 Å². The van der Waals surface area contributed by atoms with E-state index in [1.807, 2.05) is 30.3 Å². The van der Waals surface area contributed by atoms with Crippen LogP contribution in [0.1, 0.15) is 15.9 Å². The predicted molar refractivity (Wildman–Crippen MR) is 95.3 cm³/mol. The third-order valence-electron chi connectivity index (χ3n) is 3.60. The van der Waals surface area contributed by atoms with Crippen LogP contribution < -0.4 is 9.47 Å². The van der Waals surface area contributed by atoms with Gasteiger partial charge in [-0.15, -0.1) is 0 Å². The molecule has 6 nitrogen and oxygen atoms in total. The summed E-state index contributed by atoms with van der Waals surface area (Å²) in [5.41, 5.74) is 1.18. The van der Waals surface area contributed by atoms with Crippen molar-refractivity contribution in [2.45, 2.75) is 6.61 Å². The zero-order chi connectivity index (χ0) is 18.4. The molecule has 0 aliphatic heterocycles. The van der Waals surface area contributed by atoms with Crippen molar-refractivity contribution < 1.29 is 19.2 Å². The molecular formula is C20H15NO5. The van der Waals surface area contributed by atoms with Gasteiger partial charge in [-0.25, -0.2) is 4.79 Å². The minimum absolute atomic E-state index is 0.0728. The van der Waals surface area contributed by atoms with E-state index in [0.29, 0.717) is 12.4 Å². The van der Waals surface area contributed by atoms with E-state index in [4.69, 9.17) is 9.47 Å². The van der Waals surface area contributed by atoms with E-state index in [2.05, 4.69) is 0 Å². The molecule has 0 heterocycles. The van der Waals surface area contributed by atoms with Crippen LogP contribution in [0.25, 0.3) is 0 Å². The van der Waals surface area contributed by atoms with Crippen LogP contribution in [0.3, 0.4) is 0 Å². The molecule has 0 spiro atoms. The van der Waals surface area contributed by atoms with Gasteiger partial charge >= 0.3 is 5.97 Å². The second kappa shape index (κ2) is 7.94. The summed E-state index contributed by atoms with van der Waals surface area (Å²) in [6, 6.07) is 21.7. The Labute approximate surface area is 149 Å². The highest BCUT2D eigenvalue weighted by atomic mass is 16.6. The zero-order valence-electron chi connectivity index (χ0n) is 13.7. The molecule has 0 bridgehead atoms. The quantitative estimate of drug-likeness (QED) is 0.285. The lowest BCUT2D eigenvalue weighted by Gasteiger charge is -2.11. The number of rotatable bonds is 6. The molecule has 26 heavy (non-hydrogen) atoms. The number of carbonyl (C=O) groups is 1. The van der Waals surface area contributed by atoms with Crippen molar-refractivity contribution in [1.29, 1.82) is 0 Å². The van der Waals surface area contributed by atoms with Crippen LogP contribution in [0.5, 0.6) is 11.5 Å². The molecule has 3 aromatic carbocycles. The van der Waals surface area contributed by atoms with Crippen molar-refractivity contribution in [3.05, 3.63) is 100 Å². The molecule has 3 rings (SSSR count). The van der Waals surface area contributed by atoms with Crippen molar-refractivity contribution >= 4 is 11.7 Å². The first kappa shape index (κ1) is 17.2. The monoisotopic (exact) mass is 349 g/mol. The molecule has 0 atom stereocenters. The number of non-ortho nitro benzene ring substituents is 1. The van der Waals surface area contributed by atoms with E-state index in [9.17, 15) is 14.9 Å². The third kappa shape index (κ3) is 4.24. The lowest BCUT2D eigenvalue weighted by molar-refractivity contribution is -0.384. The lowest BCUT2D eigenvalue weighted by Crippen LogP contribution is -2.11. The molecule has 0 unspecified atom stereocenters. The van der Waals surface area contributed by atoms with Crippen molar-refractivity contribution in [3.8, 4) is 11.5 Å². The summed E-state index contributed by atoms with van der Waals surface area (Å²) >= 11 is 0. The highest BCUT2D eigenvalue weighted by Crippen LogP contribution is 2.23. The van der Waals surface area contributed by atoms with Gasteiger partial charge in [0.25, 0.3) is 5.69 Å². The molecule has 0 aromatic heterocycles. The second-order valence-electron chi connectivity index (χ2n) is 5.41. The first-order valence-corrected chi connectivity index (χ1v) is 7.86. The summed E-state index contributed by atoms with van der Waals surface area (Å²) < 4.78 is 11.0. The molecule has 0 saturated carbocycles. The van der Waals surface area contributed by atoms with E-state index < -0.39 is 10.9 Å². The van der Waals surface area contributed by atoms with E-state index in [1.165, 1.54) is 24.3 Å². The van der Waals surface area contributed by atoms with Crippen LogP contribution in [0.15, 0.2) is 78.9 Å². The largest absolute Gasteiger partial charge is 0.488 e. The van der Waals surface area contributed by atoms with Gasteiger partial charge in [-0.1, -0.05) is 42.5 Å². The van der Waals surface area contributed by atoms with Gasteiger partial charge in [-0.3, -0.25) is 10.1 Å². The van der Waals surface area contributed by atoms with Crippen molar-refractivity contribution in [3.63, 3.8) is 0 Å². The van der Waals surface area contributed by atoms with Gasteiger partial charge in [0, 0.05) is 12.1 Å². The van der Waals surface area contributed by atoms with Gasteiger partial charge in [0.1, 0.15) is 23.7 Å². The molecule has 0 saturated heterocycles. The van der Waals surface area contributed by atoms with Gasteiger partial charge in [0.2, 0.25) is 0 Å². The number of nitrogens with zero attached hydrogens (tertiary/aromatic N) is 1. The van der Waals surface area contributed by atoms with Crippen LogP contribution in [-0.4, -0.2) is 10.9 Å². The van der Waals surface area contributed by atoms with E-state index in [-0.39, 0.29) is 17.0 Å². The maximum absolute atomic E-state index is 12.4. The smallest absolute Gasteiger partial charge is 0.347 e. The highest BCUT2D eigenvalue weighted by molar-refractivity contribution is 5.94. The maximum atomic E-state index is 12.4. The van der Waals surface area contributed by atoms with E-state index in [0.717, 1.165) is 5.56 Å². The number of hydrogen-bond donors (Lipinski definition) is 0. The lowest BCUT2D eigenvalue weighted by atomic mass is 10.2. The number of benzene rings is 3. The fraction of sp³-hybridized carbons (Fsp3) is 0.0500. The minimum Gasteiger partial charge on any atom is -0.488 e. The average molecular weight is 349 g/mol. The first-order valence-electron chi connectivity index (χ1n) is 7.86. The Balaban J connectivity index is 1.72. The van der Waals surface area contributed by atoms with Crippen LogP contribution in [0, 0.1) is 10.1 Å². The minimum atomic E-state index is -0.595. The van der Waals surface area contributed by atoms with Crippen molar-refractivity contribution in [1.82, 2.24) is 0 Å². The topological polar surface area (TPSA) is 78.7 Å². The van der Waals surface area contributed by atoms with Gasteiger partial charge in [-0.05, 0) is 29.8 Å². The molecule has 3 aromatic rings. The molecule has 0 fully saturated rings. The number of nitro groups is 1. The zero-order valence-corrected chi connectivity index (χ0v) is 13.7. The summed E-state index contributed by atoms with van der Waals surface area (Å²) in [6.07, 6.45) is 0. The Kier molecular flexibility index (Phi) is 5.24. The maximum Gasteiger partial charge on any atom is 0.347 e. The molecule has 0 aliphatic carbocycles. The summed E-state index contributed by atoms with van der Waals surface area (Å²) in [5, 5.41) is 10.7. The number of para-hydroxylation sites is 1. The summed E-state index contributed by atoms with van der Waals surface area (Å²) in [5.74, 6) is 0.0317. The molecule has 0 aliphatic rings. The number of nitro benzene ring substituents is 1. The summed E-state index contributed by atoms with van der Waals surface area (Å²) in [6.45, 7) is 0.322. The molecule has 0 N–H and O–H groups in total. The summed E-state index contributed by atoms with van der Waals surface area (Å²) in [4.78, 5) is 22.6. The second-order valence-corrected chi connectivity index (χ2v) is 5.41. The van der Waals surface area contributed by atoms with Crippen molar-refractivity contribution in [2.75, 3.05) is 0 Å². The van der Waals surface area contributed by atoms with Crippen LogP contribution >= 0.6 is 0 Å². The van der Waals surface area contributed by atoms with Gasteiger partial charge in [-0.2, -0.15) is 0 Å². The Bertz CT molecular complexity index is 907. The Morgan fingerprint density at radius 2 is 1.54 bits per heavy atom. The Morgan fingerprint density at radius 1 is 0.885 bits per heavy atom. The SMILES string of the molecule is O=C(Oc1ccc([N+](=O)[O-])cc1)c1ccccc1OCc1ccccc1. The molecule has 0 amide bonds. The summed E-state index contributed by atoms with van der Waals surface area (Å²) in [7, 11) is 0. The number of ether oxygens (including phenoxy) is 2. The molecular weight excluding hydrogens is 334 g/mol. The van der Waals surface area contributed by atoms with E-state index >= 15 is 0 Å². The van der Waals surface area contributed by atoms with Crippen LogP contribution in [0.2, 0.25) is 0 Å². The Hall–Kier alpha value is -3.67.